The van der Waals surface area contributed by atoms with E-state index in [1.165, 1.54) is 0 Å². The Balaban J connectivity index is 3.29. The average molecular weight is 283 g/mol. The number of carbonyl (C=O) groups excluding carboxylic acids is 1. The molecule has 2 N–H and O–H groups in total. The van der Waals surface area contributed by atoms with Gasteiger partial charge in [-0.2, -0.15) is 5.26 Å². The molecule has 0 heterocycles. The van der Waals surface area contributed by atoms with Crippen LogP contribution in [0.4, 0.5) is 0 Å². The lowest BCUT2D eigenvalue weighted by molar-refractivity contribution is 0.0526. The van der Waals surface area contributed by atoms with Crippen LogP contribution in [0.5, 0.6) is 0 Å². The van der Waals surface area contributed by atoms with Gasteiger partial charge in [0.1, 0.15) is 6.07 Å². The summed E-state index contributed by atoms with van der Waals surface area (Å²) >= 11 is 3.23. The maximum absolute atomic E-state index is 11.6. The van der Waals surface area contributed by atoms with Crippen LogP contribution in [0.1, 0.15) is 28.4 Å². The molecule has 0 fully saturated rings. The van der Waals surface area contributed by atoms with E-state index in [9.17, 15) is 4.79 Å². The van der Waals surface area contributed by atoms with Gasteiger partial charge in [0.15, 0.2) is 0 Å². The second kappa shape index (κ2) is 5.64. The van der Waals surface area contributed by atoms with E-state index in [0.29, 0.717) is 11.0 Å². The summed E-state index contributed by atoms with van der Waals surface area (Å²) in [6.07, 6.45) is 0. The zero-order chi connectivity index (χ0) is 12.1. The molecule has 0 saturated heterocycles. The second-order valence-electron chi connectivity index (χ2n) is 3.04. The molecule has 0 radical (unpaired) electrons. The Morgan fingerprint density at radius 2 is 2.31 bits per heavy atom. The van der Waals surface area contributed by atoms with Crippen LogP contribution in [0.2, 0.25) is 0 Å². The van der Waals surface area contributed by atoms with Crippen molar-refractivity contribution in [1.82, 2.24) is 0 Å². The average Bonchev–Trinajstić information content (AvgIpc) is 2.28. The minimum absolute atomic E-state index is 0.249. The summed E-state index contributed by atoms with van der Waals surface area (Å²) in [6, 6.07) is 5.27. The first-order chi connectivity index (χ1) is 7.63. The molecule has 0 atom stereocenters. The molecule has 84 valence electrons. The van der Waals surface area contributed by atoms with E-state index in [0.717, 1.165) is 5.56 Å². The molecule has 5 heteroatoms. The quantitative estimate of drug-likeness (QED) is 0.860. The van der Waals surface area contributed by atoms with Crippen molar-refractivity contribution in [3.05, 3.63) is 33.3 Å². The van der Waals surface area contributed by atoms with Crippen LogP contribution in [-0.2, 0) is 11.3 Å². The Morgan fingerprint density at radius 3 is 2.81 bits per heavy atom. The van der Waals surface area contributed by atoms with Gasteiger partial charge in [-0.05, 0) is 40.5 Å². The topological polar surface area (TPSA) is 76.1 Å². The van der Waals surface area contributed by atoms with E-state index in [1.807, 2.05) is 6.07 Å². The molecule has 1 aromatic carbocycles. The Labute approximate surface area is 102 Å². The van der Waals surface area contributed by atoms with Gasteiger partial charge in [-0.25, -0.2) is 4.79 Å². The van der Waals surface area contributed by atoms with Gasteiger partial charge >= 0.3 is 5.97 Å². The van der Waals surface area contributed by atoms with Crippen molar-refractivity contribution in [1.29, 1.82) is 5.26 Å². The summed E-state index contributed by atoms with van der Waals surface area (Å²) in [4.78, 5) is 11.6. The molecule has 0 saturated carbocycles. The van der Waals surface area contributed by atoms with Crippen LogP contribution in [0, 0.1) is 11.3 Å². The van der Waals surface area contributed by atoms with Crippen molar-refractivity contribution in [2.45, 2.75) is 13.5 Å². The number of ether oxygens (including phenoxy) is 1. The standard InChI is InChI=1S/C11H11BrN2O2/c1-2-16-11(15)8-3-7(5-13)4-10(12)9(8)6-14/h3-4H,2,5,13H2,1H3. The van der Waals surface area contributed by atoms with Crippen LogP contribution in [0.3, 0.4) is 0 Å². The first-order valence-corrected chi connectivity index (χ1v) is 5.53. The lowest BCUT2D eigenvalue weighted by Crippen LogP contribution is -2.09. The number of nitrogens with zero attached hydrogens (tertiary/aromatic N) is 1. The van der Waals surface area contributed by atoms with E-state index < -0.39 is 5.97 Å². The fraction of sp³-hybridized carbons (Fsp3) is 0.273. The van der Waals surface area contributed by atoms with E-state index in [1.54, 1.807) is 19.1 Å². The lowest BCUT2D eigenvalue weighted by atomic mass is 10.0. The van der Waals surface area contributed by atoms with Gasteiger partial charge in [0.25, 0.3) is 0 Å². The molecule has 0 spiro atoms. The highest BCUT2D eigenvalue weighted by Gasteiger charge is 2.16. The molecule has 1 aromatic rings. The van der Waals surface area contributed by atoms with Crippen molar-refractivity contribution in [3.63, 3.8) is 0 Å². The Morgan fingerprint density at radius 1 is 1.62 bits per heavy atom. The largest absolute Gasteiger partial charge is 0.462 e. The number of nitriles is 1. The van der Waals surface area contributed by atoms with Gasteiger partial charge in [0, 0.05) is 11.0 Å². The predicted molar refractivity (Wildman–Crippen MR) is 62.7 cm³/mol. The van der Waals surface area contributed by atoms with Crippen LogP contribution in [0.25, 0.3) is 0 Å². The van der Waals surface area contributed by atoms with Crippen molar-refractivity contribution in [2.75, 3.05) is 6.61 Å². The van der Waals surface area contributed by atoms with E-state index in [-0.39, 0.29) is 17.7 Å². The van der Waals surface area contributed by atoms with Gasteiger partial charge in [0.2, 0.25) is 0 Å². The Hall–Kier alpha value is -1.38. The first kappa shape index (κ1) is 12.7. The third kappa shape index (κ3) is 2.60. The predicted octanol–water partition coefficient (Wildman–Crippen LogP) is 1.96. The highest BCUT2D eigenvalue weighted by Crippen LogP contribution is 2.23. The number of rotatable bonds is 3. The van der Waals surface area contributed by atoms with Crippen molar-refractivity contribution in [3.8, 4) is 6.07 Å². The van der Waals surface area contributed by atoms with Gasteiger partial charge in [-0.15, -0.1) is 0 Å². The molecular weight excluding hydrogens is 272 g/mol. The summed E-state index contributed by atoms with van der Waals surface area (Å²) in [5.74, 6) is -0.505. The zero-order valence-corrected chi connectivity index (χ0v) is 10.4. The van der Waals surface area contributed by atoms with Gasteiger partial charge in [-0.3, -0.25) is 0 Å². The highest BCUT2D eigenvalue weighted by molar-refractivity contribution is 9.10. The number of esters is 1. The molecule has 16 heavy (non-hydrogen) atoms. The zero-order valence-electron chi connectivity index (χ0n) is 8.79. The van der Waals surface area contributed by atoms with Gasteiger partial charge in [0.05, 0.1) is 17.7 Å². The van der Waals surface area contributed by atoms with E-state index in [2.05, 4.69) is 15.9 Å². The molecule has 0 aliphatic heterocycles. The molecule has 0 bridgehead atoms. The molecule has 0 aliphatic rings. The lowest BCUT2D eigenvalue weighted by Gasteiger charge is -2.07. The monoisotopic (exact) mass is 282 g/mol. The summed E-state index contributed by atoms with van der Waals surface area (Å²) in [6.45, 7) is 2.29. The molecular formula is C11H11BrN2O2. The summed E-state index contributed by atoms with van der Waals surface area (Å²) < 4.78 is 5.43. The number of carbonyl (C=O) groups is 1. The molecule has 0 aliphatic carbocycles. The van der Waals surface area contributed by atoms with Crippen LogP contribution >= 0.6 is 15.9 Å². The third-order valence-electron chi connectivity index (χ3n) is 1.99. The van der Waals surface area contributed by atoms with E-state index in [4.69, 9.17) is 15.7 Å². The van der Waals surface area contributed by atoms with E-state index >= 15 is 0 Å². The van der Waals surface area contributed by atoms with Crippen molar-refractivity contribution < 1.29 is 9.53 Å². The molecule has 0 unspecified atom stereocenters. The number of hydrogen-bond donors (Lipinski definition) is 1. The van der Waals surface area contributed by atoms with Gasteiger partial charge in [-0.1, -0.05) is 0 Å². The fourth-order valence-electron chi connectivity index (χ4n) is 1.26. The first-order valence-electron chi connectivity index (χ1n) is 4.73. The third-order valence-corrected chi connectivity index (χ3v) is 2.62. The summed E-state index contributed by atoms with van der Waals surface area (Å²) in [5.41, 5.74) is 6.79. The number of benzene rings is 1. The fourth-order valence-corrected chi connectivity index (χ4v) is 1.86. The Bertz CT molecular complexity index is 452. The minimum Gasteiger partial charge on any atom is -0.462 e. The van der Waals surface area contributed by atoms with Crippen LogP contribution < -0.4 is 5.73 Å². The number of halogens is 1. The van der Waals surface area contributed by atoms with Crippen molar-refractivity contribution >= 4 is 21.9 Å². The van der Waals surface area contributed by atoms with Gasteiger partial charge < -0.3 is 10.5 Å². The highest BCUT2D eigenvalue weighted by atomic mass is 79.9. The smallest absolute Gasteiger partial charge is 0.339 e. The maximum atomic E-state index is 11.6. The Kier molecular flexibility index (Phi) is 4.47. The molecule has 0 aromatic heterocycles. The molecule has 1 rings (SSSR count). The maximum Gasteiger partial charge on any atom is 0.339 e. The molecule has 0 amide bonds. The van der Waals surface area contributed by atoms with Crippen LogP contribution in [-0.4, -0.2) is 12.6 Å². The summed E-state index contributed by atoms with van der Waals surface area (Å²) in [5, 5.41) is 8.96. The number of nitrogens with two attached hydrogens (primary N) is 1. The van der Waals surface area contributed by atoms with Crippen molar-refractivity contribution in [2.24, 2.45) is 5.73 Å². The number of hydrogen-bond acceptors (Lipinski definition) is 4. The SMILES string of the molecule is CCOC(=O)c1cc(CN)cc(Br)c1C#N. The summed E-state index contributed by atoms with van der Waals surface area (Å²) in [7, 11) is 0. The van der Waals surface area contributed by atoms with Crippen LogP contribution in [0.15, 0.2) is 16.6 Å². The molecule has 4 nitrogen and oxygen atoms in total. The normalized spacial score (nSPS) is 9.62. The second-order valence-corrected chi connectivity index (χ2v) is 3.89. The minimum atomic E-state index is -0.505.